The maximum atomic E-state index is 11.6. The monoisotopic (exact) mass is 224 g/mol. The highest BCUT2D eigenvalue weighted by atomic mass is 16.5. The molecular formula is C12H16O4. The Labute approximate surface area is 94.5 Å². The molecule has 0 saturated carbocycles. The lowest BCUT2D eigenvalue weighted by Gasteiger charge is -2.29. The van der Waals surface area contributed by atoms with Gasteiger partial charge < -0.3 is 14.9 Å². The fourth-order valence-electron chi connectivity index (χ4n) is 1.59. The Bertz CT molecular complexity index is 349. The zero-order valence-corrected chi connectivity index (χ0v) is 9.38. The van der Waals surface area contributed by atoms with Gasteiger partial charge >= 0.3 is 5.97 Å². The molecule has 0 aromatic heterocycles. The SMILES string of the molecule is CC[C@H](O)[C@](O)(C(=O)OC)c1ccccc1. The van der Waals surface area contributed by atoms with Crippen LogP contribution in [0, 0.1) is 0 Å². The van der Waals surface area contributed by atoms with E-state index in [-0.39, 0.29) is 6.42 Å². The van der Waals surface area contributed by atoms with Crippen LogP contribution in [0.25, 0.3) is 0 Å². The van der Waals surface area contributed by atoms with Crippen LogP contribution in [-0.2, 0) is 15.1 Å². The van der Waals surface area contributed by atoms with Crippen molar-refractivity contribution in [1.29, 1.82) is 0 Å². The van der Waals surface area contributed by atoms with Crippen LogP contribution in [0.3, 0.4) is 0 Å². The van der Waals surface area contributed by atoms with Gasteiger partial charge in [-0.1, -0.05) is 37.3 Å². The lowest BCUT2D eigenvalue weighted by Crippen LogP contribution is -2.47. The summed E-state index contributed by atoms with van der Waals surface area (Å²) in [7, 11) is 1.18. The van der Waals surface area contributed by atoms with Crippen molar-refractivity contribution in [3.8, 4) is 0 Å². The van der Waals surface area contributed by atoms with Crippen molar-refractivity contribution in [3.63, 3.8) is 0 Å². The number of aliphatic hydroxyl groups is 2. The summed E-state index contributed by atoms with van der Waals surface area (Å²) in [6, 6.07) is 8.29. The number of ether oxygens (including phenoxy) is 1. The number of carbonyl (C=O) groups excluding carboxylic acids is 1. The number of aliphatic hydroxyl groups excluding tert-OH is 1. The van der Waals surface area contributed by atoms with Gasteiger partial charge in [0, 0.05) is 0 Å². The number of rotatable bonds is 4. The largest absolute Gasteiger partial charge is 0.467 e. The number of carbonyl (C=O) groups is 1. The maximum Gasteiger partial charge on any atom is 0.345 e. The Balaban J connectivity index is 3.20. The van der Waals surface area contributed by atoms with Gasteiger partial charge in [-0.05, 0) is 12.0 Å². The molecule has 16 heavy (non-hydrogen) atoms. The van der Waals surface area contributed by atoms with Gasteiger partial charge in [0.25, 0.3) is 0 Å². The summed E-state index contributed by atoms with van der Waals surface area (Å²) in [5.74, 6) is -0.854. The number of methoxy groups -OCH3 is 1. The molecule has 88 valence electrons. The minimum absolute atomic E-state index is 0.250. The third kappa shape index (κ3) is 2.08. The molecule has 4 nitrogen and oxygen atoms in total. The van der Waals surface area contributed by atoms with E-state index >= 15 is 0 Å². The molecule has 0 aliphatic carbocycles. The molecular weight excluding hydrogens is 208 g/mol. The smallest absolute Gasteiger partial charge is 0.345 e. The van der Waals surface area contributed by atoms with E-state index in [9.17, 15) is 15.0 Å². The zero-order chi connectivity index (χ0) is 12.2. The van der Waals surface area contributed by atoms with Gasteiger partial charge in [0.15, 0.2) is 0 Å². The van der Waals surface area contributed by atoms with Gasteiger partial charge in [-0.25, -0.2) is 4.79 Å². The highest BCUT2D eigenvalue weighted by Crippen LogP contribution is 2.28. The third-order valence-electron chi connectivity index (χ3n) is 2.58. The van der Waals surface area contributed by atoms with Crippen LogP contribution in [-0.4, -0.2) is 29.4 Å². The Kier molecular flexibility index (Phi) is 4.04. The molecule has 2 N–H and O–H groups in total. The highest BCUT2D eigenvalue weighted by molar-refractivity contribution is 5.81. The van der Waals surface area contributed by atoms with Crippen LogP contribution in [0.5, 0.6) is 0 Å². The first-order valence-corrected chi connectivity index (χ1v) is 5.11. The van der Waals surface area contributed by atoms with Crippen molar-refractivity contribution < 1.29 is 19.7 Å². The minimum Gasteiger partial charge on any atom is -0.467 e. The van der Waals surface area contributed by atoms with Crippen LogP contribution in [0.1, 0.15) is 18.9 Å². The Morgan fingerprint density at radius 3 is 2.44 bits per heavy atom. The molecule has 2 atom stereocenters. The number of esters is 1. The predicted octanol–water partition coefficient (Wildman–Crippen LogP) is 0.818. The predicted molar refractivity (Wildman–Crippen MR) is 58.7 cm³/mol. The van der Waals surface area contributed by atoms with E-state index in [2.05, 4.69) is 4.74 Å². The van der Waals surface area contributed by atoms with Crippen molar-refractivity contribution >= 4 is 5.97 Å². The average Bonchev–Trinajstić information content (AvgIpc) is 2.36. The second-order valence-electron chi connectivity index (χ2n) is 3.55. The highest BCUT2D eigenvalue weighted by Gasteiger charge is 2.45. The molecule has 0 aliphatic rings. The molecule has 0 spiro atoms. The fraction of sp³-hybridized carbons (Fsp3) is 0.417. The van der Waals surface area contributed by atoms with E-state index in [1.165, 1.54) is 7.11 Å². The molecule has 0 radical (unpaired) electrons. The second kappa shape index (κ2) is 5.09. The normalized spacial score (nSPS) is 16.2. The quantitative estimate of drug-likeness (QED) is 0.743. The average molecular weight is 224 g/mol. The first-order valence-electron chi connectivity index (χ1n) is 5.11. The second-order valence-corrected chi connectivity index (χ2v) is 3.55. The van der Waals surface area contributed by atoms with Crippen LogP contribution >= 0.6 is 0 Å². The standard InChI is InChI=1S/C12H16O4/c1-3-10(13)12(15,11(14)16-2)9-7-5-4-6-8-9/h4-8,10,13,15H,3H2,1-2H3/t10-,12-/m0/s1. The van der Waals surface area contributed by atoms with Gasteiger partial charge in [0.1, 0.15) is 0 Å². The summed E-state index contributed by atoms with van der Waals surface area (Å²) in [6.07, 6.45) is -0.942. The topological polar surface area (TPSA) is 66.8 Å². The van der Waals surface area contributed by atoms with Crippen molar-refractivity contribution in [3.05, 3.63) is 35.9 Å². The molecule has 0 amide bonds. The summed E-state index contributed by atoms with van der Waals surface area (Å²) < 4.78 is 4.54. The fourth-order valence-corrected chi connectivity index (χ4v) is 1.59. The lowest BCUT2D eigenvalue weighted by molar-refractivity contribution is -0.177. The van der Waals surface area contributed by atoms with Gasteiger partial charge in [-0.2, -0.15) is 0 Å². The van der Waals surface area contributed by atoms with Crippen molar-refractivity contribution in [1.82, 2.24) is 0 Å². The van der Waals surface area contributed by atoms with Crippen LogP contribution in [0.4, 0.5) is 0 Å². The van der Waals surface area contributed by atoms with E-state index < -0.39 is 17.7 Å². The Morgan fingerprint density at radius 1 is 1.44 bits per heavy atom. The molecule has 4 heteroatoms. The minimum atomic E-state index is -2.00. The molecule has 1 aromatic carbocycles. The molecule has 0 aliphatic heterocycles. The van der Waals surface area contributed by atoms with Crippen LogP contribution in [0.15, 0.2) is 30.3 Å². The summed E-state index contributed by atoms with van der Waals surface area (Å²) in [5, 5.41) is 20.1. The van der Waals surface area contributed by atoms with E-state index in [0.29, 0.717) is 5.56 Å². The molecule has 1 rings (SSSR count). The summed E-state index contributed by atoms with van der Waals surface area (Å²) in [6.45, 7) is 1.68. The van der Waals surface area contributed by atoms with E-state index in [1.54, 1.807) is 37.3 Å². The molecule has 1 aromatic rings. The van der Waals surface area contributed by atoms with E-state index in [1.807, 2.05) is 0 Å². The van der Waals surface area contributed by atoms with Crippen LogP contribution in [0.2, 0.25) is 0 Å². The zero-order valence-electron chi connectivity index (χ0n) is 9.38. The number of hydrogen-bond acceptors (Lipinski definition) is 4. The van der Waals surface area contributed by atoms with Gasteiger partial charge in [-0.3, -0.25) is 0 Å². The van der Waals surface area contributed by atoms with Crippen molar-refractivity contribution in [2.75, 3.05) is 7.11 Å². The molecule has 0 bridgehead atoms. The van der Waals surface area contributed by atoms with Crippen LogP contribution < -0.4 is 0 Å². The molecule has 0 fully saturated rings. The summed E-state index contributed by atoms with van der Waals surface area (Å²) >= 11 is 0. The molecule has 0 unspecified atom stereocenters. The van der Waals surface area contributed by atoms with Gasteiger partial charge in [0.05, 0.1) is 13.2 Å². The van der Waals surface area contributed by atoms with Gasteiger partial charge in [0.2, 0.25) is 5.60 Å². The number of benzene rings is 1. The van der Waals surface area contributed by atoms with Gasteiger partial charge in [-0.15, -0.1) is 0 Å². The molecule has 0 heterocycles. The maximum absolute atomic E-state index is 11.6. The third-order valence-corrected chi connectivity index (χ3v) is 2.58. The number of hydrogen-bond donors (Lipinski definition) is 2. The molecule has 0 saturated heterocycles. The lowest BCUT2D eigenvalue weighted by atomic mass is 9.87. The Morgan fingerprint density at radius 2 is 2.00 bits per heavy atom. The summed E-state index contributed by atoms with van der Waals surface area (Å²) in [4.78, 5) is 11.6. The van der Waals surface area contributed by atoms with Crippen molar-refractivity contribution in [2.24, 2.45) is 0 Å². The Hall–Kier alpha value is -1.39. The first kappa shape index (κ1) is 12.7. The summed E-state index contributed by atoms with van der Waals surface area (Å²) in [5.41, 5.74) is -1.67. The van der Waals surface area contributed by atoms with E-state index in [4.69, 9.17) is 0 Å². The first-order chi connectivity index (χ1) is 7.57. The van der Waals surface area contributed by atoms with E-state index in [0.717, 1.165) is 0 Å². The van der Waals surface area contributed by atoms with Crippen molar-refractivity contribution in [2.45, 2.75) is 25.0 Å².